The Bertz CT molecular complexity index is 1430. The van der Waals surface area contributed by atoms with Crippen molar-refractivity contribution in [3.63, 3.8) is 0 Å². The van der Waals surface area contributed by atoms with Gasteiger partial charge in [0.2, 0.25) is 0 Å². The molecule has 2 aromatic heterocycles. The van der Waals surface area contributed by atoms with E-state index in [1.807, 2.05) is 12.1 Å². The largest absolute Gasteiger partial charge is 0.493 e. The van der Waals surface area contributed by atoms with Crippen molar-refractivity contribution in [3.05, 3.63) is 60.5 Å². The third-order valence-electron chi connectivity index (χ3n) is 8.12. The van der Waals surface area contributed by atoms with E-state index in [4.69, 9.17) is 4.74 Å². The molecule has 1 N–H and O–H groups in total. The Hall–Kier alpha value is -3.49. The number of H-pyrrole nitrogens is 1. The van der Waals surface area contributed by atoms with Crippen LogP contribution in [0.5, 0.6) is 5.75 Å². The molecule has 2 fully saturated rings. The second-order valence-corrected chi connectivity index (χ2v) is 10.7. The van der Waals surface area contributed by atoms with Crippen molar-refractivity contribution in [2.75, 3.05) is 57.8 Å². The number of pyridine rings is 1. The standard InChI is InChI=1S/C29H31FN6O/c1-34-10-11-36-21-7-5-20(6-8-21)29-23-13-25(31-14-26(23)32-33-29)28-24(30)3-2-4-27(28)37-12-9-19-15-35(16-19)18-22(36)17-34/h2-8,13-14,19,22H,9-12,15-18H2,1H3,(H,32,33). The van der Waals surface area contributed by atoms with Crippen LogP contribution in [-0.2, 0) is 0 Å². The van der Waals surface area contributed by atoms with E-state index in [1.54, 1.807) is 12.3 Å². The third kappa shape index (κ3) is 4.14. The summed E-state index contributed by atoms with van der Waals surface area (Å²) in [5, 5.41) is 8.60. The molecule has 0 amide bonds. The van der Waals surface area contributed by atoms with Gasteiger partial charge in [0.05, 0.1) is 35.6 Å². The molecule has 2 aromatic carbocycles. The number of rotatable bonds is 0. The fraction of sp³-hybridized carbons (Fsp3) is 0.379. The van der Waals surface area contributed by atoms with Crippen molar-refractivity contribution >= 4 is 16.6 Å². The molecule has 2 saturated heterocycles. The molecule has 8 heteroatoms. The molecule has 4 aromatic rings. The molecule has 190 valence electrons. The third-order valence-corrected chi connectivity index (χ3v) is 8.12. The number of fused-ring (bicyclic) bond motifs is 1. The van der Waals surface area contributed by atoms with Gasteiger partial charge in [0.15, 0.2) is 0 Å². The van der Waals surface area contributed by atoms with Crippen LogP contribution in [0.1, 0.15) is 6.42 Å². The van der Waals surface area contributed by atoms with Crippen LogP contribution in [-0.4, -0.2) is 83.9 Å². The summed E-state index contributed by atoms with van der Waals surface area (Å²) in [5.74, 6) is 0.813. The van der Waals surface area contributed by atoms with Gasteiger partial charge in [-0.1, -0.05) is 18.2 Å². The highest BCUT2D eigenvalue weighted by Gasteiger charge is 2.33. The molecule has 0 saturated carbocycles. The van der Waals surface area contributed by atoms with Gasteiger partial charge in [-0.3, -0.25) is 10.1 Å². The van der Waals surface area contributed by atoms with Crippen LogP contribution in [0, 0.1) is 11.7 Å². The fourth-order valence-corrected chi connectivity index (χ4v) is 6.11. The van der Waals surface area contributed by atoms with Gasteiger partial charge in [-0.25, -0.2) is 4.39 Å². The number of piperazine rings is 1. The highest BCUT2D eigenvalue weighted by atomic mass is 19.1. The summed E-state index contributed by atoms with van der Waals surface area (Å²) in [6.45, 7) is 6.96. The van der Waals surface area contributed by atoms with E-state index in [0.717, 1.165) is 67.8 Å². The Balaban J connectivity index is 1.31. The molecule has 6 bridgehead atoms. The molecule has 0 radical (unpaired) electrons. The van der Waals surface area contributed by atoms with E-state index in [2.05, 4.69) is 61.2 Å². The van der Waals surface area contributed by atoms with Crippen LogP contribution in [0.4, 0.5) is 10.1 Å². The second-order valence-electron chi connectivity index (χ2n) is 10.7. The molecule has 1 atom stereocenters. The quantitative estimate of drug-likeness (QED) is 0.391. The summed E-state index contributed by atoms with van der Waals surface area (Å²) in [6.07, 6.45) is 2.69. The monoisotopic (exact) mass is 498 g/mol. The number of nitrogens with one attached hydrogen (secondary N) is 1. The minimum atomic E-state index is -0.332. The summed E-state index contributed by atoms with van der Waals surface area (Å²) in [4.78, 5) is 12.1. The zero-order chi connectivity index (χ0) is 24.9. The maximum Gasteiger partial charge on any atom is 0.136 e. The van der Waals surface area contributed by atoms with E-state index in [1.165, 1.54) is 11.8 Å². The lowest BCUT2D eigenvalue weighted by atomic mass is 9.95. The van der Waals surface area contributed by atoms with Gasteiger partial charge in [-0.05, 0) is 49.7 Å². The predicted octanol–water partition coefficient (Wildman–Crippen LogP) is 4.27. The maximum absolute atomic E-state index is 15.1. The van der Waals surface area contributed by atoms with Crippen LogP contribution >= 0.6 is 0 Å². The molecule has 5 aliphatic rings. The first-order chi connectivity index (χ1) is 18.1. The molecular weight excluding hydrogens is 467 g/mol. The fourth-order valence-electron chi connectivity index (χ4n) is 6.11. The van der Waals surface area contributed by atoms with E-state index < -0.39 is 0 Å². The molecule has 7 heterocycles. The van der Waals surface area contributed by atoms with Crippen LogP contribution in [0.25, 0.3) is 33.4 Å². The van der Waals surface area contributed by atoms with Gasteiger partial charge in [0.25, 0.3) is 0 Å². The normalized spacial score (nSPS) is 23.9. The number of nitrogens with zero attached hydrogens (tertiary/aromatic N) is 5. The molecule has 7 nitrogen and oxygen atoms in total. The second kappa shape index (κ2) is 9.11. The van der Waals surface area contributed by atoms with Crippen molar-refractivity contribution < 1.29 is 9.13 Å². The molecular formula is C29H31FN6O. The number of anilines is 1. The van der Waals surface area contributed by atoms with Crippen molar-refractivity contribution in [3.8, 4) is 28.3 Å². The summed E-state index contributed by atoms with van der Waals surface area (Å²) in [6, 6.07) is 16.1. The van der Waals surface area contributed by atoms with Crippen LogP contribution in [0.15, 0.2) is 54.7 Å². The van der Waals surface area contributed by atoms with Crippen molar-refractivity contribution in [2.45, 2.75) is 12.5 Å². The molecule has 5 aliphatic heterocycles. The van der Waals surface area contributed by atoms with E-state index in [9.17, 15) is 0 Å². The van der Waals surface area contributed by atoms with Gasteiger partial charge < -0.3 is 19.4 Å². The number of halogens is 1. The minimum Gasteiger partial charge on any atom is -0.493 e. The van der Waals surface area contributed by atoms with Crippen LogP contribution < -0.4 is 9.64 Å². The zero-order valence-corrected chi connectivity index (χ0v) is 21.0. The number of aromatic nitrogens is 3. The van der Waals surface area contributed by atoms with Gasteiger partial charge in [-0.15, -0.1) is 0 Å². The van der Waals surface area contributed by atoms with Gasteiger partial charge >= 0.3 is 0 Å². The maximum atomic E-state index is 15.1. The topological polar surface area (TPSA) is 60.5 Å². The lowest BCUT2D eigenvalue weighted by Crippen LogP contribution is -2.59. The Morgan fingerprint density at radius 3 is 2.76 bits per heavy atom. The number of hydrogen-bond donors (Lipinski definition) is 1. The van der Waals surface area contributed by atoms with Crippen LogP contribution in [0.2, 0.25) is 0 Å². The Kier molecular flexibility index (Phi) is 5.59. The van der Waals surface area contributed by atoms with E-state index in [-0.39, 0.29) is 5.82 Å². The highest BCUT2D eigenvalue weighted by molar-refractivity contribution is 5.95. The first-order valence-electron chi connectivity index (χ1n) is 13.2. The van der Waals surface area contributed by atoms with Crippen molar-refractivity contribution in [1.82, 2.24) is 25.0 Å². The Morgan fingerprint density at radius 1 is 1.03 bits per heavy atom. The Morgan fingerprint density at radius 2 is 1.89 bits per heavy atom. The first-order valence-corrected chi connectivity index (χ1v) is 13.2. The first kappa shape index (κ1) is 22.7. The number of hydrogen-bond acceptors (Lipinski definition) is 6. The molecule has 0 spiro atoms. The summed E-state index contributed by atoms with van der Waals surface area (Å²) < 4.78 is 21.3. The number of aromatic amines is 1. The molecule has 37 heavy (non-hydrogen) atoms. The van der Waals surface area contributed by atoms with Gasteiger partial charge in [0.1, 0.15) is 17.3 Å². The summed E-state index contributed by atoms with van der Waals surface area (Å²) >= 11 is 0. The SMILES string of the molecule is CN1CCN2c3ccc(cc3)-c3n[nH]c4cnc(cc34)-c3c(F)cccc3OCCC3CN(C3)CC2C1. The highest BCUT2D eigenvalue weighted by Crippen LogP contribution is 2.36. The smallest absolute Gasteiger partial charge is 0.136 e. The number of likely N-dealkylation sites (N-methyl/N-ethyl adjacent to an activating group) is 1. The van der Waals surface area contributed by atoms with Crippen molar-refractivity contribution in [1.29, 1.82) is 0 Å². The lowest BCUT2D eigenvalue weighted by molar-refractivity contribution is 0.0680. The number of benzene rings is 2. The predicted molar refractivity (Wildman–Crippen MR) is 143 cm³/mol. The van der Waals surface area contributed by atoms with Gasteiger partial charge in [-0.2, -0.15) is 5.10 Å². The van der Waals surface area contributed by atoms with Gasteiger partial charge in [0, 0.05) is 55.9 Å². The van der Waals surface area contributed by atoms with E-state index >= 15 is 4.39 Å². The average Bonchev–Trinajstić information content (AvgIpc) is 3.30. The molecule has 1 unspecified atom stereocenters. The minimum absolute atomic E-state index is 0.332. The average molecular weight is 499 g/mol. The van der Waals surface area contributed by atoms with Crippen LogP contribution in [0.3, 0.4) is 0 Å². The number of ether oxygens (including phenoxy) is 1. The Labute approximate surface area is 215 Å². The zero-order valence-electron chi connectivity index (χ0n) is 21.0. The van der Waals surface area contributed by atoms with Crippen molar-refractivity contribution in [2.24, 2.45) is 5.92 Å². The lowest BCUT2D eigenvalue weighted by Gasteiger charge is -2.47. The molecule has 0 aliphatic carbocycles. The summed E-state index contributed by atoms with van der Waals surface area (Å²) in [5.41, 5.74) is 4.88. The molecule has 9 rings (SSSR count). The summed E-state index contributed by atoms with van der Waals surface area (Å²) in [7, 11) is 2.22. The van der Waals surface area contributed by atoms with E-state index in [0.29, 0.717) is 35.6 Å².